The van der Waals surface area contributed by atoms with Crippen LogP contribution in [0.3, 0.4) is 0 Å². The van der Waals surface area contributed by atoms with Crippen molar-refractivity contribution in [1.82, 2.24) is 10.8 Å². The summed E-state index contributed by atoms with van der Waals surface area (Å²) in [5.41, 5.74) is 3.07. The van der Waals surface area contributed by atoms with Crippen molar-refractivity contribution in [2.24, 2.45) is 5.10 Å². The highest BCUT2D eigenvalue weighted by Gasteiger charge is 2.27. The number of hydrazine groups is 1. The lowest BCUT2D eigenvalue weighted by molar-refractivity contribution is 0.0333. The first-order chi connectivity index (χ1) is 8.27. The van der Waals surface area contributed by atoms with Gasteiger partial charge in [-0.2, -0.15) is 5.53 Å². The molecule has 0 saturated carbocycles. The number of benzene rings is 1. The molecular formula is C11H12FN3O2. The molecule has 0 bridgehead atoms. The van der Waals surface area contributed by atoms with Crippen molar-refractivity contribution in [2.75, 3.05) is 14.2 Å². The van der Waals surface area contributed by atoms with Gasteiger partial charge >= 0.3 is 0 Å². The van der Waals surface area contributed by atoms with E-state index in [2.05, 4.69) is 10.6 Å². The quantitative estimate of drug-likeness (QED) is 0.795. The fraction of sp³-hybridized carbons (Fsp3) is 0.182. The number of nitrogens with zero attached hydrogens (tertiary/aromatic N) is 2. The van der Waals surface area contributed by atoms with E-state index in [0.717, 1.165) is 0 Å². The summed E-state index contributed by atoms with van der Waals surface area (Å²) in [6.45, 7) is 0. The SMILES string of the molecule is COC1=NNN(F)C(c2ccccc2)=C1OC. The molecule has 0 spiro atoms. The van der Waals surface area contributed by atoms with Gasteiger partial charge in [0.1, 0.15) is 5.70 Å². The molecule has 1 aliphatic heterocycles. The van der Waals surface area contributed by atoms with Gasteiger partial charge in [-0.1, -0.05) is 40.0 Å². The fourth-order valence-corrected chi connectivity index (χ4v) is 1.54. The van der Waals surface area contributed by atoms with Crippen molar-refractivity contribution in [1.29, 1.82) is 0 Å². The average Bonchev–Trinajstić information content (AvgIpc) is 2.39. The van der Waals surface area contributed by atoms with E-state index in [-0.39, 0.29) is 22.6 Å². The molecule has 1 N–H and O–H groups in total. The number of hydrogen-bond acceptors (Lipinski definition) is 5. The molecule has 0 fully saturated rings. The molecule has 6 heteroatoms. The minimum Gasteiger partial charge on any atom is -0.490 e. The first kappa shape index (κ1) is 11.3. The highest BCUT2D eigenvalue weighted by molar-refractivity contribution is 5.99. The Hall–Kier alpha value is -2.24. The zero-order valence-corrected chi connectivity index (χ0v) is 9.48. The van der Waals surface area contributed by atoms with Gasteiger partial charge in [-0.05, 0) is 0 Å². The number of hydrazone groups is 1. The van der Waals surface area contributed by atoms with Crippen molar-refractivity contribution >= 4 is 11.6 Å². The molecule has 5 nitrogen and oxygen atoms in total. The lowest BCUT2D eigenvalue weighted by atomic mass is 10.1. The smallest absolute Gasteiger partial charge is 0.277 e. The van der Waals surface area contributed by atoms with E-state index in [0.29, 0.717) is 5.56 Å². The maximum Gasteiger partial charge on any atom is 0.277 e. The van der Waals surface area contributed by atoms with Gasteiger partial charge in [0.05, 0.1) is 14.2 Å². The predicted octanol–water partition coefficient (Wildman–Crippen LogP) is 1.67. The zero-order chi connectivity index (χ0) is 12.3. The molecule has 1 aromatic carbocycles. The van der Waals surface area contributed by atoms with E-state index in [1.165, 1.54) is 14.2 Å². The van der Waals surface area contributed by atoms with Crippen LogP contribution in [-0.4, -0.2) is 25.3 Å². The van der Waals surface area contributed by atoms with Gasteiger partial charge in [0.2, 0.25) is 5.76 Å². The molecular weight excluding hydrogens is 225 g/mol. The zero-order valence-electron chi connectivity index (χ0n) is 9.48. The maximum absolute atomic E-state index is 13.7. The standard InChI is InChI=1S/C11H12FN3O2/c1-16-10-9(8-6-4-3-5-7-8)15(12)14-13-11(10)17-2/h3-7,14H,1-2H3. The van der Waals surface area contributed by atoms with Gasteiger partial charge in [-0.15, -0.1) is 5.10 Å². The summed E-state index contributed by atoms with van der Waals surface area (Å²) in [6, 6.07) is 8.99. The van der Waals surface area contributed by atoms with E-state index >= 15 is 0 Å². The fourth-order valence-electron chi connectivity index (χ4n) is 1.54. The van der Waals surface area contributed by atoms with Gasteiger partial charge in [-0.3, -0.25) is 0 Å². The minimum atomic E-state index is 0.195. The van der Waals surface area contributed by atoms with Gasteiger partial charge in [-0.25, -0.2) is 0 Å². The van der Waals surface area contributed by atoms with Crippen LogP contribution in [0, 0.1) is 0 Å². The molecule has 0 amide bonds. The predicted molar refractivity (Wildman–Crippen MR) is 60.9 cm³/mol. The van der Waals surface area contributed by atoms with Crippen molar-refractivity contribution < 1.29 is 14.0 Å². The maximum atomic E-state index is 13.7. The Kier molecular flexibility index (Phi) is 3.13. The molecule has 0 unspecified atom stereocenters. The number of hydrogen-bond donors (Lipinski definition) is 1. The average molecular weight is 237 g/mol. The van der Waals surface area contributed by atoms with E-state index in [1.54, 1.807) is 12.1 Å². The van der Waals surface area contributed by atoms with Crippen molar-refractivity contribution in [2.45, 2.75) is 0 Å². The van der Waals surface area contributed by atoms with E-state index < -0.39 is 0 Å². The first-order valence-corrected chi connectivity index (χ1v) is 4.95. The minimum absolute atomic E-state index is 0.195. The second-order valence-electron chi connectivity index (χ2n) is 3.25. The molecule has 0 aliphatic carbocycles. The Morgan fingerprint density at radius 3 is 2.47 bits per heavy atom. The van der Waals surface area contributed by atoms with Crippen LogP contribution in [0.1, 0.15) is 5.56 Å². The van der Waals surface area contributed by atoms with Crippen molar-refractivity contribution in [3.63, 3.8) is 0 Å². The number of rotatable bonds is 2. The summed E-state index contributed by atoms with van der Waals surface area (Å²) in [7, 11) is 2.88. The lowest BCUT2D eigenvalue weighted by Gasteiger charge is -2.24. The van der Waals surface area contributed by atoms with Crippen LogP contribution in [0.5, 0.6) is 0 Å². The summed E-state index contributed by atoms with van der Waals surface area (Å²) in [4.78, 5) is 0. The molecule has 0 radical (unpaired) electrons. The number of methoxy groups -OCH3 is 2. The summed E-state index contributed by atoms with van der Waals surface area (Å²) in [5.74, 6) is 0.431. The normalized spacial score (nSPS) is 15.2. The summed E-state index contributed by atoms with van der Waals surface area (Å²) in [6.07, 6.45) is 0. The molecule has 2 rings (SSSR count). The lowest BCUT2D eigenvalue weighted by Crippen LogP contribution is -2.33. The van der Waals surface area contributed by atoms with Crippen LogP contribution >= 0.6 is 0 Å². The van der Waals surface area contributed by atoms with Crippen LogP contribution in [-0.2, 0) is 9.47 Å². The van der Waals surface area contributed by atoms with Gasteiger partial charge in [0.15, 0.2) is 0 Å². The molecule has 0 atom stereocenters. The molecule has 1 aromatic rings. The van der Waals surface area contributed by atoms with Gasteiger partial charge in [0, 0.05) is 5.56 Å². The summed E-state index contributed by atoms with van der Waals surface area (Å²) >= 11 is 0. The number of nitrogens with one attached hydrogen (secondary N) is 1. The monoisotopic (exact) mass is 237 g/mol. The highest BCUT2D eigenvalue weighted by Crippen LogP contribution is 2.26. The third-order valence-corrected chi connectivity index (χ3v) is 2.29. The Bertz CT molecular complexity index is 459. The van der Waals surface area contributed by atoms with Crippen LogP contribution in [0.15, 0.2) is 41.2 Å². The topological polar surface area (TPSA) is 46.1 Å². The Balaban J connectivity index is 2.52. The van der Waals surface area contributed by atoms with Gasteiger partial charge in [0.25, 0.3) is 5.90 Å². The number of ether oxygens (including phenoxy) is 2. The first-order valence-electron chi connectivity index (χ1n) is 4.95. The second kappa shape index (κ2) is 4.73. The van der Waals surface area contributed by atoms with Crippen molar-refractivity contribution in [3.8, 4) is 0 Å². The molecule has 0 aromatic heterocycles. The third kappa shape index (κ3) is 2.01. The van der Waals surface area contributed by atoms with E-state index in [9.17, 15) is 4.48 Å². The molecule has 17 heavy (non-hydrogen) atoms. The van der Waals surface area contributed by atoms with Crippen LogP contribution in [0.25, 0.3) is 5.70 Å². The van der Waals surface area contributed by atoms with Crippen LogP contribution < -0.4 is 5.53 Å². The van der Waals surface area contributed by atoms with Gasteiger partial charge < -0.3 is 9.47 Å². The Morgan fingerprint density at radius 1 is 1.18 bits per heavy atom. The van der Waals surface area contributed by atoms with E-state index in [4.69, 9.17) is 9.47 Å². The largest absolute Gasteiger partial charge is 0.490 e. The molecule has 1 heterocycles. The highest BCUT2D eigenvalue weighted by atomic mass is 19.2. The third-order valence-electron chi connectivity index (χ3n) is 2.29. The Labute approximate surface area is 98.0 Å². The van der Waals surface area contributed by atoms with Crippen LogP contribution in [0.4, 0.5) is 4.48 Å². The second-order valence-corrected chi connectivity index (χ2v) is 3.25. The summed E-state index contributed by atoms with van der Waals surface area (Å²) in [5, 5.41) is 3.96. The van der Waals surface area contributed by atoms with E-state index in [1.807, 2.05) is 18.2 Å². The molecule has 90 valence electrons. The molecule has 1 aliphatic rings. The number of halogens is 1. The van der Waals surface area contributed by atoms with Crippen molar-refractivity contribution in [3.05, 3.63) is 41.7 Å². The molecule has 0 saturated heterocycles. The van der Waals surface area contributed by atoms with Crippen LogP contribution in [0.2, 0.25) is 0 Å². The Morgan fingerprint density at radius 2 is 1.88 bits per heavy atom. The summed E-state index contributed by atoms with van der Waals surface area (Å²) < 4.78 is 23.8.